The minimum Gasteiger partial charge on any atom is -0.497 e. The molecule has 2 aromatic heterocycles. The first kappa shape index (κ1) is 21.0. The van der Waals surface area contributed by atoms with Crippen LogP contribution in [0.5, 0.6) is 5.75 Å². The highest BCUT2D eigenvalue weighted by atomic mass is 16.5. The van der Waals surface area contributed by atoms with Crippen molar-refractivity contribution in [1.29, 1.82) is 0 Å². The largest absolute Gasteiger partial charge is 0.497 e. The third kappa shape index (κ3) is 5.10. The van der Waals surface area contributed by atoms with Crippen LogP contribution in [0.25, 0.3) is 11.3 Å². The highest BCUT2D eigenvalue weighted by molar-refractivity contribution is 5.94. The molecular formula is C24H23N5O3. The van der Waals surface area contributed by atoms with Crippen LogP contribution in [-0.2, 0) is 13.1 Å². The Morgan fingerprint density at radius 1 is 1.06 bits per heavy atom. The van der Waals surface area contributed by atoms with Crippen LogP contribution in [0.2, 0.25) is 0 Å². The molecule has 0 unspecified atom stereocenters. The Hall–Kier alpha value is -4.20. The van der Waals surface area contributed by atoms with E-state index in [1.54, 1.807) is 31.8 Å². The van der Waals surface area contributed by atoms with Crippen LogP contribution in [0.4, 0.5) is 0 Å². The minimum atomic E-state index is -0.185. The molecule has 0 spiro atoms. The number of nitrogens with one attached hydrogen (secondary N) is 1. The number of aromatic nitrogens is 4. The van der Waals surface area contributed by atoms with Gasteiger partial charge in [0.1, 0.15) is 5.75 Å². The maximum Gasteiger partial charge on any atom is 0.253 e. The Balaban J connectivity index is 1.31. The van der Waals surface area contributed by atoms with Gasteiger partial charge in [0, 0.05) is 49.2 Å². The monoisotopic (exact) mass is 429 g/mol. The summed E-state index contributed by atoms with van der Waals surface area (Å²) in [6.07, 6.45) is 6.87. The van der Waals surface area contributed by atoms with Crippen molar-refractivity contribution in [3.05, 3.63) is 101 Å². The number of carbonyl (C=O) groups excluding carboxylic acids is 1. The Morgan fingerprint density at radius 2 is 1.84 bits per heavy atom. The van der Waals surface area contributed by atoms with Gasteiger partial charge in [0.05, 0.1) is 25.5 Å². The van der Waals surface area contributed by atoms with Crippen LogP contribution in [0, 0.1) is 0 Å². The quantitative estimate of drug-likeness (QED) is 0.465. The number of carbonyl (C=O) groups is 1. The molecule has 2 heterocycles. The van der Waals surface area contributed by atoms with Crippen molar-refractivity contribution in [2.45, 2.75) is 13.1 Å². The topological polar surface area (TPSA) is 91.0 Å². The first-order valence-corrected chi connectivity index (χ1v) is 10.2. The van der Waals surface area contributed by atoms with Gasteiger partial charge in [-0.2, -0.15) is 0 Å². The van der Waals surface area contributed by atoms with E-state index in [0.717, 1.165) is 16.9 Å². The standard InChI is InChI=1S/C24H23N5O3/c1-32-21-8-6-19(7-9-21)22-14-23(30)29(17-27-22)13-11-26-24(31)20-4-2-18(3-5-20)15-28-12-10-25-16-28/h2-10,12,14,16-17H,11,13,15H2,1H3,(H,26,31). The number of benzene rings is 2. The smallest absolute Gasteiger partial charge is 0.253 e. The molecular weight excluding hydrogens is 406 g/mol. The molecule has 0 aliphatic carbocycles. The molecule has 4 aromatic rings. The van der Waals surface area contributed by atoms with Crippen molar-refractivity contribution in [3.8, 4) is 17.0 Å². The van der Waals surface area contributed by atoms with Crippen LogP contribution >= 0.6 is 0 Å². The van der Waals surface area contributed by atoms with Gasteiger partial charge in [0.25, 0.3) is 11.5 Å². The van der Waals surface area contributed by atoms with Gasteiger partial charge in [-0.05, 0) is 42.0 Å². The van der Waals surface area contributed by atoms with Crippen molar-refractivity contribution >= 4 is 5.91 Å². The van der Waals surface area contributed by atoms with Gasteiger partial charge in [-0.25, -0.2) is 9.97 Å². The highest BCUT2D eigenvalue weighted by Gasteiger charge is 2.07. The Labute approximate surface area is 185 Å². The summed E-state index contributed by atoms with van der Waals surface area (Å²) in [7, 11) is 1.60. The van der Waals surface area contributed by atoms with Crippen molar-refractivity contribution in [2.75, 3.05) is 13.7 Å². The summed E-state index contributed by atoms with van der Waals surface area (Å²) in [5.41, 5.74) is 2.89. The van der Waals surface area contributed by atoms with Gasteiger partial charge in [-0.3, -0.25) is 14.2 Å². The predicted octanol–water partition coefficient (Wildman–Crippen LogP) is 2.59. The third-order valence-electron chi connectivity index (χ3n) is 5.04. The molecule has 1 N–H and O–H groups in total. The maximum atomic E-state index is 12.4. The Morgan fingerprint density at radius 3 is 2.50 bits per heavy atom. The normalized spacial score (nSPS) is 10.7. The van der Waals surface area contributed by atoms with Gasteiger partial charge in [-0.15, -0.1) is 0 Å². The number of nitrogens with zero attached hydrogens (tertiary/aromatic N) is 4. The average molecular weight is 429 g/mol. The summed E-state index contributed by atoms with van der Waals surface area (Å²) in [6, 6.07) is 16.3. The molecule has 4 rings (SSSR count). The molecule has 0 aliphatic rings. The zero-order chi connectivity index (χ0) is 22.3. The number of rotatable bonds is 8. The number of imidazole rings is 1. The van der Waals surface area contributed by atoms with E-state index < -0.39 is 0 Å². The Bertz CT molecular complexity index is 1230. The summed E-state index contributed by atoms with van der Waals surface area (Å²) in [4.78, 5) is 33.2. The fourth-order valence-corrected chi connectivity index (χ4v) is 3.26. The molecule has 0 aliphatic heterocycles. The molecule has 1 amide bonds. The van der Waals surface area contributed by atoms with Gasteiger partial charge >= 0.3 is 0 Å². The van der Waals surface area contributed by atoms with E-state index in [-0.39, 0.29) is 11.5 Å². The van der Waals surface area contributed by atoms with Crippen molar-refractivity contribution in [3.63, 3.8) is 0 Å². The number of methoxy groups -OCH3 is 1. The van der Waals surface area contributed by atoms with Gasteiger partial charge in [0.2, 0.25) is 0 Å². The van der Waals surface area contributed by atoms with Gasteiger partial charge < -0.3 is 14.6 Å². The molecule has 0 fully saturated rings. The third-order valence-corrected chi connectivity index (χ3v) is 5.04. The second-order valence-electron chi connectivity index (χ2n) is 7.22. The van der Waals surface area contributed by atoms with Crippen LogP contribution in [-0.4, -0.2) is 38.7 Å². The summed E-state index contributed by atoms with van der Waals surface area (Å²) >= 11 is 0. The number of amides is 1. The molecule has 0 saturated heterocycles. The zero-order valence-corrected chi connectivity index (χ0v) is 17.6. The number of hydrogen-bond acceptors (Lipinski definition) is 5. The van der Waals surface area contributed by atoms with E-state index in [1.807, 2.05) is 47.2 Å². The lowest BCUT2D eigenvalue weighted by molar-refractivity contribution is 0.0952. The lowest BCUT2D eigenvalue weighted by atomic mass is 10.1. The van der Waals surface area contributed by atoms with E-state index in [0.29, 0.717) is 30.9 Å². The van der Waals surface area contributed by atoms with Crippen LogP contribution in [0.15, 0.2) is 84.4 Å². The summed E-state index contributed by atoms with van der Waals surface area (Å²) in [5, 5.41) is 2.84. The van der Waals surface area contributed by atoms with Crippen LogP contribution in [0.3, 0.4) is 0 Å². The minimum absolute atomic E-state index is 0.177. The van der Waals surface area contributed by atoms with Crippen LogP contribution < -0.4 is 15.6 Å². The van der Waals surface area contributed by atoms with E-state index in [9.17, 15) is 9.59 Å². The van der Waals surface area contributed by atoms with E-state index in [2.05, 4.69) is 15.3 Å². The van der Waals surface area contributed by atoms with E-state index in [1.165, 1.54) is 17.0 Å². The summed E-state index contributed by atoms with van der Waals surface area (Å²) in [6.45, 7) is 1.35. The van der Waals surface area contributed by atoms with E-state index in [4.69, 9.17) is 4.74 Å². The Kier molecular flexibility index (Phi) is 6.41. The molecule has 0 saturated carbocycles. The van der Waals surface area contributed by atoms with Gasteiger partial charge in [-0.1, -0.05) is 12.1 Å². The van der Waals surface area contributed by atoms with Crippen molar-refractivity contribution in [1.82, 2.24) is 24.4 Å². The van der Waals surface area contributed by atoms with Crippen LogP contribution in [0.1, 0.15) is 15.9 Å². The summed E-state index contributed by atoms with van der Waals surface area (Å²) < 4.78 is 8.58. The lowest BCUT2D eigenvalue weighted by Crippen LogP contribution is -2.30. The van der Waals surface area contributed by atoms with Crippen molar-refractivity contribution in [2.24, 2.45) is 0 Å². The van der Waals surface area contributed by atoms with E-state index >= 15 is 0 Å². The number of hydrogen-bond donors (Lipinski definition) is 1. The molecule has 2 aromatic carbocycles. The zero-order valence-electron chi connectivity index (χ0n) is 17.6. The maximum absolute atomic E-state index is 12.4. The first-order valence-electron chi connectivity index (χ1n) is 10.2. The van der Waals surface area contributed by atoms with Gasteiger partial charge in [0.15, 0.2) is 0 Å². The second kappa shape index (κ2) is 9.74. The average Bonchev–Trinajstić information content (AvgIpc) is 3.33. The molecule has 8 nitrogen and oxygen atoms in total. The SMILES string of the molecule is COc1ccc(-c2cc(=O)n(CCNC(=O)c3ccc(Cn4ccnc4)cc3)cn2)cc1. The number of ether oxygens (including phenoxy) is 1. The second-order valence-corrected chi connectivity index (χ2v) is 7.22. The fourth-order valence-electron chi connectivity index (χ4n) is 3.26. The van der Waals surface area contributed by atoms with Crippen molar-refractivity contribution < 1.29 is 9.53 Å². The molecule has 0 radical (unpaired) electrons. The molecule has 162 valence electrons. The first-order chi connectivity index (χ1) is 15.6. The molecule has 32 heavy (non-hydrogen) atoms. The highest BCUT2D eigenvalue weighted by Crippen LogP contribution is 2.19. The molecule has 0 bridgehead atoms. The lowest BCUT2D eigenvalue weighted by Gasteiger charge is -2.09. The predicted molar refractivity (Wildman–Crippen MR) is 121 cm³/mol. The molecule has 8 heteroatoms. The summed E-state index contributed by atoms with van der Waals surface area (Å²) in [5.74, 6) is 0.556. The fraction of sp³-hybridized carbons (Fsp3) is 0.167. The molecule has 0 atom stereocenters.